The molecular weight excluding hydrogens is 592 g/mol. The minimum atomic E-state index is -0.703. The number of nitrogens with one attached hydrogen (secondary N) is 3. The highest BCUT2D eigenvalue weighted by Gasteiger charge is 2.19. The topological polar surface area (TPSA) is 110 Å². The fourth-order valence-corrected chi connectivity index (χ4v) is 5.15. The molecule has 0 saturated carbocycles. The third-order valence-electron chi connectivity index (χ3n) is 7.32. The predicted octanol–water partition coefficient (Wildman–Crippen LogP) is 7.07. The molecule has 6 rings (SSSR count). The van der Waals surface area contributed by atoms with Crippen molar-refractivity contribution in [3.05, 3.63) is 125 Å². The van der Waals surface area contributed by atoms with E-state index in [0.29, 0.717) is 22.5 Å². The highest BCUT2D eigenvalue weighted by atomic mass is 19.1. The number of amides is 1. The maximum Gasteiger partial charge on any atom is 0.262 e. The van der Waals surface area contributed by atoms with E-state index in [1.54, 1.807) is 25.3 Å². The number of halogens is 2. The fourth-order valence-electron chi connectivity index (χ4n) is 5.15. The Labute approximate surface area is 262 Å². The van der Waals surface area contributed by atoms with Gasteiger partial charge in [-0.1, -0.05) is 12.1 Å². The highest BCUT2D eigenvalue weighted by Crippen LogP contribution is 2.38. The summed E-state index contributed by atoms with van der Waals surface area (Å²) in [7, 11) is 1.84. The summed E-state index contributed by atoms with van der Waals surface area (Å²) in [6.45, 7) is 2.04. The van der Waals surface area contributed by atoms with Crippen LogP contribution in [0.25, 0.3) is 27.8 Å². The van der Waals surface area contributed by atoms with E-state index in [9.17, 15) is 14.0 Å². The van der Waals surface area contributed by atoms with Crippen LogP contribution in [0.1, 0.15) is 12.5 Å². The first-order chi connectivity index (χ1) is 22.3. The molecule has 0 unspecified atom stereocenters. The zero-order valence-electron chi connectivity index (χ0n) is 24.9. The number of carbonyl (C=O) groups excluding carboxylic acids is 1. The van der Waals surface area contributed by atoms with Gasteiger partial charge in [0, 0.05) is 54.3 Å². The molecule has 0 fully saturated rings. The van der Waals surface area contributed by atoms with E-state index in [1.807, 2.05) is 37.5 Å². The van der Waals surface area contributed by atoms with E-state index in [-0.39, 0.29) is 35.8 Å². The largest absolute Gasteiger partial charge is 0.493 e. The molecule has 6 aromatic rings. The lowest BCUT2D eigenvalue weighted by Gasteiger charge is -2.14. The molecule has 46 heavy (non-hydrogen) atoms. The van der Waals surface area contributed by atoms with E-state index in [4.69, 9.17) is 9.47 Å². The normalized spacial score (nSPS) is 11.0. The summed E-state index contributed by atoms with van der Waals surface area (Å²) in [5, 5.41) is 6.45. The Morgan fingerprint density at radius 1 is 0.957 bits per heavy atom. The fraction of sp³-hybridized carbons (Fsp3) is 0.114. The van der Waals surface area contributed by atoms with Crippen LogP contribution in [0.2, 0.25) is 0 Å². The second kappa shape index (κ2) is 12.9. The number of carbonyl (C=O) groups is 1. The van der Waals surface area contributed by atoms with Gasteiger partial charge in [0.15, 0.2) is 11.6 Å². The molecule has 0 aliphatic rings. The summed E-state index contributed by atoms with van der Waals surface area (Å²) in [4.78, 5) is 34.0. The number of anilines is 2. The molecule has 1 amide bonds. The summed E-state index contributed by atoms with van der Waals surface area (Å²) < 4.78 is 41.7. The molecule has 11 heteroatoms. The molecule has 0 aliphatic heterocycles. The van der Waals surface area contributed by atoms with Gasteiger partial charge in [-0.25, -0.2) is 13.8 Å². The van der Waals surface area contributed by atoms with E-state index in [0.717, 1.165) is 22.9 Å². The molecule has 3 N–H and O–H groups in total. The Bertz CT molecular complexity index is 2110. The van der Waals surface area contributed by atoms with Crippen LogP contribution >= 0.6 is 0 Å². The van der Waals surface area contributed by atoms with Crippen LogP contribution in [0.4, 0.5) is 20.2 Å². The Morgan fingerprint density at radius 3 is 2.54 bits per heavy atom. The van der Waals surface area contributed by atoms with Gasteiger partial charge in [0.2, 0.25) is 5.91 Å². The van der Waals surface area contributed by atoms with E-state index in [2.05, 4.69) is 20.6 Å². The number of ether oxygens (including phenoxy) is 2. The molecule has 0 radical (unpaired) electrons. The van der Waals surface area contributed by atoms with Gasteiger partial charge in [-0.3, -0.25) is 14.2 Å². The van der Waals surface area contributed by atoms with E-state index < -0.39 is 23.1 Å². The molecule has 0 aliphatic carbocycles. The maximum absolute atomic E-state index is 15.4. The van der Waals surface area contributed by atoms with Gasteiger partial charge in [-0.2, -0.15) is 0 Å². The number of hydrogen-bond acceptors (Lipinski definition) is 6. The van der Waals surface area contributed by atoms with Crippen LogP contribution in [0.15, 0.2) is 102 Å². The van der Waals surface area contributed by atoms with Crippen molar-refractivity contribution in [3.8, 4) is 34.1 Å². The molecule has 0 atom stereocenters. The van der Waals surface area contributed by atoms with Crippen molar-refractivity contribution in [2.24, 2.45) is 0 Å². The standard InChI is InChI=1S/C35H29F2N5O4/c1-3-45-29-14-16-42(25-10-7-22(36)8-11-25)35(44)26(29)19-32(43)41-24-9-12-30(28(37)18-24)46-31-13-15-39-34-33(31)27(20-40-34)21-5-4-6-23(17-21)38-2/h4-18,20,38H,3,19H2,1-2H3,(H,39,40)(H,41,43). The van der Waals surface area contributed by atoms with Gasteiger partial charge in [-0.15, -0.1) is 0 Å². The van der Waals surface area contributed by atoms with Gasteiger partial charge >= 0.3 is 0 Å². The van der Waals surface area contributed by atoms with Crippen LogP contribution in [-0.2, 0) is 11.2 Å². The van der Waals surface area contributed by atoms with Crippen molar-refractivity contribution in [2.45, 2.75) is 13.3 Å². The van der Waals surface area contributed by atoms with Crippen molar-refractivity contribution in [2.75, 3.05) is 24.3 Å². The van der Waals surface area contributed by atoms with Crippen LogP contribution in [0.5, 0.6) is 17.2 Å². The second-order valence-corrected chi connectivity index (χ2v) is 10.3. The molecule has 0 saturated heterocycles. The first-order valence-electron chi connectivity index (χ1n) is 14.5. The van der Waals surface area contributed by atoms with E-state index >= 15 is 4.39 Å². The number of aromatic nitrogens is 3. The van der Waals surface area contributed by atoms with Gasteiger partial charge in [-0.05, 0) is 73.2 Å². The average molecular weight is 622 g/mol. The number of H-pyrrole nitrogens is 1. The molecule has 3 heterocycles. The SMILES string of the molecule is CCOc1ccn(-c2ccc(F)cc2)c(=O)c1CC(=O)Nc1ccc(Oc2ccnc3[nH]cc(-c4cccc(NC)c4)c23)c(F)c1. The molecule has 232 valence electrons. The smallest absolute Gasteiger partial charge is 0.262 e. The maximum atomic E-state index is 15.4. The Morgan fingerprint density at radius 2 is 1.78 bits per heavy atom. The number of nitrogens with zero attached hydrogens (tertiary/aromatic N) is 2. The Kier molecular flexibility index (Phi) is 8.46. The Hall–Kier alpha value is -5.97. The molecule has 0 bridgehead atoms. The summed E-state index contributed by atoms with van der Waals surface area (Å²) in [5.41, 5.74) is 3.49. The van der Waals surface area contributed by atoms with Crippen molar-refractivity contribution < 1.29 is 23.0 Å². The zero-order valence-corrected chi connectivity index (χ0v) is 24.9. The van der Waals surface area contributed by atoms with Crippen LogP contribution in [-0.4, -0.2) is 34.1 Å². The number of hydrogen-bond donors (Lipinski definition) is 3. The van der Waals surface area contributed by atoms with Crippen LogP contribution in [0.3, 0.4) is 0 Å². The monoisotopic (exact) mass is 621 g/mol. The lowest BCUT2D eigenvalue weighted by molar-refractivity contribution is -0.115. The summed E-state index contributed by atoms with van der Waals surface area (Å²) >= 11 is 0. The molecular formula is C35H29F2N5O4. The summed E-state index contributed by atoms with van der Waals surface area (Å²) in [5.74, 6) is -1.10. The molecule has 3 aromatic carbocycles. The zero-order chi connectivity index (χ0) is 32.2. The van der Waals surface area contributed by atoms with Gasteiger partial charge in [0.05, 0.1) is 24.0 Å². The molecule has 9 nitrogen and oxygen atoms in total. The lowest BCUT2D eigenvalue weighted by atomic mass is 10.0. The summed E-state index contributed by atoms with van der Waals surface area (Å²) in [6.07, 6.45) is 4.56. The second-order valence-electron chi connectivity index (χ2n) is 10.3. The van der Waals surface area contributed by atoms with E-state index in [1.165, 1.54) is 47.2 Å². The number of benzene rings is 3. The third-order valence-corrected chi connectivity index (χ3v) is 7.32. The predicted molar refractivity (Wildman–Crippen MR) is 173 cm³/mol. The first kappa shape index (κ1) is 30.1. The number of aromatic amines is 1. The van der Waals surface area contributed by atoms with Crippen molar-refractivity contribution in [1.82, 2.24) is 14.5 Å². The van der Waals surface area contributed by atoms with Crippen LogP contribution in [0, 0.1) is 11.6 Å². The van der Waals surface area contributed by atoms with Crippen LogP contribution < -0.4 is 25.7 Å². The van der Waals surface area contributed by atoms with Gasteiger partial charge in [0.1, 0.15) is 23.0 Å². The van der Waals surface area contributed by atoms with Gasteiger partial charge < -0.3 is 25.1 Å². The van der Waals surface area contributed by atoms with Crippen molar-refractivity contribution >= 4 is 28.3 Å². The lowest BCUT2D eigenvalue weighted by Crippen LogP contribution is -2.26. The van der Waals surface area contributed by atoms with Gasteiger partial charge in [0.25, 0.3) is 5.56 Å². The molecule has 0 spiro atoms. The number of pyridine rings is 2. The Balaban J connectivity index is 1.23. The minimum absolute atomic E-state index is 0.0505. The highest BCUT2D eigenvalue weighted by molar-refractivity contribution is 5.98. The summed E-state index contributed by atoms with van der Waals surface area (Å²) in [6, 6.07) is 20.5. The van der Waals surface area contributed by atoms with Crippen molar-refractivity contribution in [1.29, 1.82) is 0 Å². The number of fused-ring (bicyclic) bond motifs is 1. The average Bonchev–Trinajstić information content (AvgIpc) is 3.50. The first-order valence-corrected chi connectivity index (χ1v) is 14.5. The minimum Gasteiger partial charge on any atom is -0.493 e. The number of rotatable bonds is 10. The third kappa shape index (κ3) is 6.16. The quantitative estimate of drug-likeness (QED) is 0.151. The molecule has 3 aromatic heterocycles. The van der Waals surface area contributed by atoms with Crippen molar-refractivity contribution in [3.63, 3.8) is 0 Å².